The first-order valence-electron chi connectivity index (χ1n) is 10.1. The Labute approximate surface area is 171 Å². The van der Waals surface area contributed by atoms with Crippen LogP contribution in [-0.2, 0) is 25.9 Å². The summed E-state index contributed by atoms with van der Waals surface area (Å²) in [5, 5.41) is 2.24. The molecule has 2 nitrogen and oxygen atoms in total. The fourth-order valence-corrected chi connectivity index (χ4v) is 4.71. The van der Waals surface area contributed by atoms with Crippen LogP contribution in [0, 0.1) is 0 Å². The van der Waals surface area contributed by atoms with Crippen LogP contribution in [0.2, 0.25) is 5.02 Å². The van der Waals surface area contributed by atoms with E-state index in [0.29, 0.717) is 0 Å². The van der Waals surface area contributed by atoms with Gasteiger partial charge in [0.15, 0.2) is 18.9 Å². The largest absolute Gasteiger partial charge is 0.340 e. The first kappa shape index (κ1) is 17.5. The van der Waals surface area contributed by atoms with Crippen LogP contribution >= 0.6 is 11.6 Å². The predicted octanol–water partition coefficient (Wildman–Crippen LogP) is 5.56. The van der Waals surface area contributed by atoms with Crippen molar-refractivity contribution >= 4 is 22.5 Å². The van der Waals surface area contributed by atoms with Gasteiger partial charge in [-0.15, -0.1) is 0 Å². The average Bonchev–Trinajstić information content (AvgIpc) is 3.04. The highest BCUT2D eigenvalue weighted by molar-refractivity contribution is 6.30. The Morgan fingerprint density at radius 2 is 1.68 bits per heavy atom. The minimum Gasteiger partial charge on any atom is -0.340 e. The molecule has 0 fully saturated rings. The van der Waals surface area contributed by atoms with Crippen molar-refractivity contribution in [3.8, 4) is 0 Å². The summed E-state index contributed by atoms with van der Waals surface area (Å²) in [6.45, 7) is 1.77. The normalized spacial score (nSPS) is 13.6. The van der Waals surface area contributed by atoms with Crippen molar-refractivity contribution in [3.63, 3.8) is 0 Å². The van der Waals surface area contributed by atoms with Crippen LogP contribution in [0.25, 0.3) is 10.9 Å². The monoisotopic (exact) mass is 387 g/mol. The van der Waals surface area contributed by atoms with E-state index in [1.165, 1.54) is 47.7 Å². The first-order chi connectivity index (χ1) is 13.8. The van der Waals surface area contributed by atoms with Crippen molar-refractivity contribution in [3.05, 3.63) is 100 Å². The van der Waals surface area contributed by atoms with Crippen molar-refractivity contribution in [1.82, 2.24) is 4.57 Å². The van der Waals surface area contributed by atoms with Crippen LogP contribution in [0.15, 0.2) is 73.1 Å². The third-order valence-electron chi connectivity index (χ3n) is 5.84. The van der Waals surface area contributed by atoms with Crippen molar-refractivity contribution in [2.24, 2.45) is 0 Å². The van der Waals surface area contributed by atoms with Crippen LogP contribution in [0.4, 0.5) is 0 Å². The first-order valence-corrected chi connectivity index (χ1v) is 10.5. The molecule has 2 aromatic carbocycles. The van der Waals surface area contributed by atoms with Crippen molar-refractivity contribution < 1.29 is 4.57 Å². The van der Waals surface area contributed by atoms with Gasteiger partial charge >= 0.3 is 0 Å². The summed E-state index contributed by atoms with van der Waals surface area (Å²) in [5.41, 5.74) is 7.06. The third-order valence-corrected chi connectivity index (χ3v) is 6.07. The van der Waals surface area contributed by atoms with Gasteiger partial charge in [-0.25, -0.2) is 4.57 Å². The van der Waals surface area contributed by atoms with E-state index in [1.807, 2.05) is 18.2 Å². The zero-order valence-corrected chi connectivity index (χ0v) is 16.7. The number of aryl methyl sites for hydroxylation is 1. The third kappa shape index (κ3) is 3.33. The van der Waals surface area contributed by atoms with E-state index in [0.717, 1.165) is 18.1 Å². The summed E-state index contributed by atoms with van der Waals surface area (Å²) < 4.78 is 4.75. The molecule has 2 aromatic heterocycles. The molecular formula is C25H24ClN2+. The Bertz CT molecular complexity index is 1130. The molecule has 0 spiro atoms. The molecule has 0 saturated heterocycles. The molecule has 0 aliphatic heterocycles. The van der Waals surface area contributed by atoms with Gasteiger partial charge in [0, 0.05) is 45.9 Å². The smallest absolute Gasteiger partial charge is 0.173 e. The van der Waals surface area contributed by atoms with Crippen LogP contribution in [0.3, 0.4) is 0 Å². The predicted molar refractivity (Wildman–Crippen MR) is 115 cm³/mol. The molecule has 0 amide bonds. The van der Waals surface area contributed by atoms with Gasteiger partial charge < -0.3 is 4.57 Å². The van der Waals surface area contributed by atoms with E-state index in [-0.39, 0.29) is 0 Å². The molecule has 28 heavy (non-hydrogen) atoms. The fraction of sp³-hybridized carbons (Fsp3) is 0.240. The Morgan fingerprint density at radius 1 is 0.857 bits per heavy atom. The molecule has 0 unspecified atom stereocenters. The van der Waals surface area contributed by atoms with E-state index < -0.39 is 0 Å². The lowest BCUT2D eigenvalue weighted by atomic mass is 9.95. The number of aromatic nitrogens is 2. The van der Waals surface area contributed by atoms with Crippen LogP contribution < -0.4 is 4.57 Å². The van der Waals surface area contributed by atoms with Crippen LogP contribution in [0.5, 0.6) is 0 Å². The molecule has 4 aromatic rings. The number of benzene rings is 2. The molecular weight excluding hydrogens is 364 g/mol. The molecule has 0 N–H and O–H groups in total. The van der Waals surface area contributed by atoms with Gasteiger partial charge in [-0.3, -0.25) is 0 Å². The Kier molecular flexibility index (Phi) is 4.66. The number of para-hydroxylation sites is 1. The molecule has 0 bridgehead atoms. The molecule has 2 heterocycles. The second kappa shape index (κ2) is 7.44. The topological polar surface area (TPSA) is 8.81 Å². The van der Waals surface area contributed by atoms with Gasteiger partial charge in [-0.05, 0) is 55.0 Å². The van der Waals surface area contributed by atoms with Crippen LogP contribution in [0.1, 0.15) is 35.2 Å². The second-order valence-corrected chi connectivity index (χ2v) is 8.18. The van der Waals surface area contributed by atoms with Gasteiger partial charge in [0.1, 0.15) is 0 Å². The maximum atomic E-state index is 6.11. The summed E-state index contributed by atoms with van der Waals surface area (Å²) in [6, 6.07) is 21.5. The van der Waals surface area contributed by atoms with Gasteiger partial charge in [0.2, 0.25) is 0 Å². The standard InChI is InChI=1S/C25H24ClN2/c26-21-7-5-6-20(16-21)17-27-14-12-19(13-15-27)18-28-24-10-3-1-8-22(24)23-9-2-4-11-25(23)28/h1,3,5-8,10,12-16H,2,4,9,11,17-18H2/q+1. The van der Waals surface area contributed by atoms with E-state index in [9.17, 15) is 0 Å². The van der Waals surface area contributed by atoms with Crippen molar-refractivity contribution in [2.75, 3.05) is 0 Å². The molecule has 1 aliphatic rings. The number of halogens is 1. The van der Waals surface area contributed by atoms with Gasteiger partial charge in [-0.2, -0.15) is 0 Å². The number of hydrogen-bond donors (Lipinski definition) is 0. The number of fused-ring (bicyclic) bond motifs is 3. The molecule has 1 aliphatic carbocycles. The number of nitrogens with zero attached hydrogens (tertiary/aromatic N) is 2. The van der Waals surface area contributed by atoms with E-state index in [4.69, 9.17) is 11.6 Å². The molecule has 0 atom stereocenters. The van der Waals surface area contributed by atoms with Crippen LogP contribution in [-0.4, -0.2) is 4.57 Å². The van der Waals surface area contributed by atoms with E-state index >= 15 is 0 Å². The summed E-state index contributed by atoms with van der Waals surface area (Å²) in [6.07, 6.45) is 9.39. The maximum Gasteiger partial charge on any atom is 0.173 e. The highest BCUT2D eigenvalue weighted by Gasteiger charge is 2.19. The molecule has 0 saturated carbocycles. The maximum absolute atomic E-state index is 6.11. The summed E-state index contributed by atoms with van der Waals surface area (Å²) in [5.74, 6) is 0. The minimum atomic E-state index is 0.791. The summed E-state index contributed by atoms with van der Waals surface area (Å²) in [4.78, 5) is 0. The van der Waals surface area contributed by atoms with Gasteiger partial charge in [0.25, 0.3) is 0 Å². The minimum absolute atomic E-state index is 0.791. The van der Waals surface area contributed by atoms with E-state index in [2.05, 4.69) is 64.0 Å². The number of pyridine rings is 1. The SMILES string of the molecule is Clc1cccc(C[n+]2ccc(Cn3c4c(c5ccccc53)CCCC4)cc2)c1. The Morgan fingerprint density at radius 3 is 2.54 bits per heavy atom. The average molecular weight is 388 g/mol. The quantitative estimate of drug-likeness (QED) is 0.405. The highest BCUT2D eigenvalue weighted by Crippen LogP contribution is 2.32. The zero-order valence-electron chi connectivity index (χ0n) is 15.9. The number of hydrogen-bond acceptors (Lipinski definition) is 0. The second-order valence-electron chi connectivity index (χ2n) is 7.74. The van der Waals surface area contributed by atoms with Gasteiger partial charge in [0.05, 0.1) is 0 Å². The summed E-state index contributed by atoms with van der Waals surface area (Å²) >= 11 is 6.11. The highest BCUT2D eigenvalue weighted by atomic mass is 35.5. The number of rotatable bonds is 4. The Balaban J connectivity index is 1.42. The fourth-order valence-electron chi connectivity index (χ4n) is 4.50. The summed E-state index contributed by atoms with van der Waals surface area (Å²) in [7, 11) is 0. The van der Waals surface area contributed by atoms with Crippen molar-refractivity contribution in [2.45, 2.75) is 38.8 Å². The van der Waals surface area contributed by atoms with E-state index in [1.54, 1.807) is 11.3 Å². The molecule has 0 radical (unpaired) electrons. The molecule has 3 heteroatoms. The molecule has 5 rings (SSSR count). The van der Waals surface area contributed by atoms with Gasteiger partial charge in [-0.1, -0.05) is 41.9 Å². The zero-order chi connectivity index (χ0) is 18.9. The lowest BCUT2D eigenvalue weighted by Crippen LogP contribution is -2.33. The molecule has 140 valence electrons. The lowest BCUT2D eigenvalue weighted by molar-refractivity contribution is -0.688. The Hall–Kier alpha value is -2.58. The van der Waals surface area contributed by atoms with Crippen molar-refractivity contribution in [1.29, 1.82) is 0 Å². The lowest BCUT2D eigenvalue weighted by Gasteiger charge is -2.16.